The summed E-state index contributed by atoms with van der Waals surface area (Å²) in [5.74, 6) is 1.23. The topological polar surface area (TPSA) is 66.9 Å². The molecule has 1 heterocycles. The molecule has 1 aromatic carbocycles. The predicted molar refractivity (Wildman–Crippen MR) is 88.7 cm³/mol. The van der Waals surface area contributed by atoms with Gasteiger partial charge in [0.2, 0.25) is 0 Å². The third kappa shape index (κ3) is 4.43. The third-order valence-corrected chi connectivity index (χ3v) is 3.21. The van der Waals surface area contributed by atoms with Crippen LogP contribution in [0.25, 0.3) is 0 Å². The monoisotopic (exact) mass is 318 g/mol. The summed E-state index contributed by atoms with van der Waals surface area (Å²) in [6.07, 6.45) is 0. The van der Waals surface area contributed by atoms with Gasteiger partial charge in [-0.2, -0.15) is 0 Å². The molecule has 0 spiro atoms. The maximum absolute atomic E-state index is 12.1. The summed E-state index contributed by atoms with van der Waals surface area (Å²) in [5, 5.41) is 6.54. The summed E-state index contributed by atoms with van der Waals surface area (Å²) in [6.45, 7) is 6.43. The van der Waals surface area contributed by atoms with Gasteiger partial charge in [0.05, 0.1) is 10.7 Å². The van der Waals surface area contributed by atoms with Crippen LogP contribution in [0.3, 0.4) is 0 Å². The van der Waals surface area contributed by atoms with Crippen LogP contribution in [0, 0.1) is 12.8 Å². The molecular formula is C16H19ClN4O. The van der Waals surface area contributed by atoms with Crippen LogP contribution in [0.5, 0.6) is 0 Å². The Labute approximate surface area is 135 Å². The molecule has 0 atom stereocenters. The summed E-state index contributed by atoms with van der Waals surface area (Å²) in [4.78, 5) is 20.6. The van der Waals surface area contributed by atoms with Crippen LogP contribution >= 0.6 is 11.6 Å². The molecule has 0 aliphatic heterocycles. The Bertz CT molecular complexity index is 673. The SMILES string of the molecule is Cc1nc(Nc2ccccc2Cl)cc(C(=O)NCC(C)C)n1. The lowest BCUT2D eigenvalue weighted by Gasteiger charge is -2.11. The number of hydrogen-bond donors (Lipinski definition) is 2. The van der Waals surface area contributed by atoms with Gasteiger partial charge in [0.15, 0.2) is 0 Å². The van der Waals surface area contributed by atoms with Gasteiger partial charge in [0.1, 0.15) is 17.3 Å². The molecule has 0 radical (unpaired) electrons. The second-order valence-corrected chi connectivity index (χ2v) is 5.80. The Morgan fingerprint density at radius 3 is 2.68 bits per heavy atom. The highest BCUT2D eigenvalue weighted by Crippen LogP contribution is 2.24. The lowest BCUT2D eigenvalue weighted by atomic mass is 10.2. The second-order valence-electron chi connectivity index (χ2n) is 5.39. The summed E-state index contributed by atoms with van der Waals surface area (Å²) in [7, 11) is 0. The molecule has 1 amide bonds. The fourth-order valence-corrected chi connectivity index (χ4v) is 2.02. The lowest BCUT2D eigenvalue weighted by Crippen LogP contribution is -2.28. The molecule has 0 saturated carbocycles. The van der Waals surface area contributed by atoms with Gasteiger partial charge < -0.3 is 10.6 Å². The summed E-state index contributed by atoms with van der Waals surface area (Å²) in [6, 6.07) is 8.97. The van der Waals surface area contributed by atoms with Crippen molar-refractivity contribution in [3.63, 3.8) is 0 Å². The van der Waals surface area contributed by atoms with Gasteiger partial charge in [-0.05, 0) is 25.0 Å². The van der Waals surface area contributed by atoms with E-state index in [0.29, 0.717) is 34.8 Å². The molecule has 116 valence electrons. The number of rotatable bonds is 5. The van der Waals surface area contributed by atoms with E-state index >= 15 is 0 Å². The number of para-hydroxylation sites is 1. The van der Waals surface area contributed by atoms with E-state index in [2.05, 4.69) is 20.6 Å². The number of nitrogens with one attached hydrogen (secondary N) is 2. The van der Waals surface area contributed by atoms with E-state index in [4.69, 9.17) is 11.6 Å². The first kappa shape index (κ1) is 16.2. The molecule has 0 fully saturated rings. The van der Waals surface area contributed by atoms with E-state index in [1.165, 1.54) is 0 Å². The van der Waals surface area contributed by atoms with E-state index in [1.54, 1.807) is 19.1 Å². The fraction of sp³-hybridized carbons (Fsp3) is 0.312. The smallest absolute Gasteiger partial charge is 0.270 e. The van der Waals surface area contributed by atoms with Crippen LogP contribution in [0.1, 0.15) is 30.2 Å². The highest BCUT2D eigenvalue weighted by Gasteiger charge is 2.11. The minimum Gasteiger partial charge on any atom is -0.350 e. The molecular weight excluding hydrogens is 300 g/mol. The van der Waals surface area contributed by atoms with Gasteiger partial charge in [-0.1, -0.05) is 37.6 Å². The Kier molecular flexibility index (Phi) is 5.33. The number of hydrogen-bond acceptors (Lipinski definition) is 4. The highest BCUT2D eigenvalue weighted by molar-refractivity contribution is 6.33. The Hall–Kier alpha value is -2.14. The van der Waals surface area contributed by atoms with Gasteiger partial charge in [-0.3, -0.25) is 4.79 Å². The maximum atomic E-state index is 12.1. The number of carbonyl (C=O) groups excluding carboxylic acids is 1. The van der Waals surface area contributed by atoms with Crippen LogP contribution in [0.15, 0.2) is 30.3 Å². The van der Waals surface area contributed by atoms with E-state index in [0.717, 1.165) is 5.69 Å². The number of amides is 1. The van der Waals surface area contributed by atoms with Gasteiger partial charge in [-0.15, -0.1) is 0 Å². The van der Waals surface area contributed by atoms with Gasteiger partial charge in [0, 0.05) is 12.6 Å². The van der Waals surface area contributed by atoms with Crippen LogP contribution in [-0.4, -0.2) is 22.4 Å². The normalized spacial score (nSPS) is 10.6. The van der Waals surface area contributed by atoms with Crippen LogP contribution in [0.2, 0.25) is 5.02 Å². The molecule has 22 heavy (non-hydrogen) atoms. The van der Waals surface area contributed by atoms with Crippen LogP contribution in [0.4, 0.5) is 11.5 Å². The minimum absolute atomic E-state index is 0.207. The van der Waals surface area contributed by atoms with Crippen molar-refractivity contribution in [2.45, 2.75) is 20.8 Å². The number of anilines is 2. The summed E-state index contributed by atoms with van der Waals surface area (Å²) in [5.41, 5.74) is 1.07. The number of halogens is 1. The highest BCUT2D eigenvalue weighted by atomic mass is 35.5. The van der Waals surface area contributed by atoms with Gasteiger partial charge >= 0.3 is 0 Å². The summed E-state index contributed by atoms with van der Waals surface area (Å²) >= 11 is 6.12. The van der Waals surface area contributed by atoms with Crippen molar-refractivity contribution in [1.29, 1.82) is 0 Å². The van der Waals surface area contributed by atoms with Gasteiger partial charge in [0.25, 0.3) is 5.91 Å². The van der Waals surface area contributed by atoms with Crippen molar-refractivity contribution in [3.8, 4) is 0 Å². The Balaban J connectivity index is 2.20. The number of nitrogens with zero attached hydrogens (tertiary/aromatic N) is 2. The first-order chi connectivity index (χ1) is 10.5. The van der Waals surface area contributed by atoms with Gasteiger partial charge in [-0.25, -0.2) is 9.97 Å². The van der Waals surface area contributed by atoms with E-state index in [1.807, 2.05) is 32.0 Å². The fourth-order valence-electron chi connectivity index (χ4n) is 1.84. The maximum Gasteiger partial charge on any atom is 0.270 e. The van der Waals surface area contributed by atoms with Crippen molar-refractivity contribution in [2.75, 3.05) is 11.9 Å². The zero-order valence-corrected chi connectivity index (χ0v) is 13.6. The molecule has 6 heteroatoms. The third-order valence-electron chi connectivity index (χ3n) is 2.88. The predicted octanol–water partition coefficient (Wildman–Crippen LogP) is 3.57. The molecule has 5 nitrogen and oxygen atoms in total. The average Bonchev–Trinajstić information content (AvgIpc) is 2.46. The Morgan fingerprint density at radius 2 is 2.00 bits per heavy atom. The molecule has 0 aliphatic rings. The van der Waals surface area contributed by atoms with E-state index in [-0.39, 0.29) is 5.91 Å². The van der Waals surface area contributed by atoms with Crippen molar-refractivity contribution in [2.24, 2.45) is 5.92 Å². The lowest BCUT2D eigenvalue weighted by molar-refractivity contribution is 0.0943. The number of aromatic nitrogens is 2. The number of carbonyl (C=O) groups is 1. The molecule has 2 rings (SSSR count). The average molecular weight is 319 g/mol. The molecule has 0 saturated heterocycles. The molecule has 0 bridgehead atoms. The molecule has 2 aromatic rings. The summed E-state index contributed by atoms with van der Waals surface area (Å²) < 4.78 is 0. The zero-order chi connectivity index (χ0) is 16.1. The Morgan fingerprint density at radius 1 is 1.27 bits per heavy atom. The number of benzene rings is 1. The quantitative estimate of drug-likeness (QED) is 0.884. The molecule has 1 aromatic heterocycles. The van der Waals surface area contributed by atoms with E-state index in [9.17, 15) is 4.79 Å². The van der Waals surface area contributed by atoms with Crippen molar-refractivity contribution in [1.82, 2.24) is 15.3 Å². The standard InChI is InChI=1S/C16H19ClN4O/c1-10(2)9-18-16(22)14-8-15(20-11(3)19-14)21-13-7-5-4-6-12(13)17/h4-8,10H,9H2,1-3H3,(H,18,22)(H,19,20,21). The minimum atomic E-state index is -0.207. The van der Waals surface area contributed by atoms with Crippen LogP contribution in [-0.2, 0) is 0 Å². The molecule has 0 aliphatic carbocycles. The van der Waals surface area contributed by atoms with Crippen LogP contribution < -0.4 is 10.6 Å². The number of aryl methyl sites for hydroxylation is 1. The first-order valence-corrected chi connectivity index (χ1v) is 7.49. The second kappa shape index (κ2) is 7.22. The zero-order valence-electron chi connectivity index (χ0n) is 12.9. The van der Waals surface area contributed by atoms with E-state index < -0.39 is 0 Å². The molecule has 0 unspecified atom stereocenters. The van der Waals surface area contributed by atoms with Crippen molar-refractivity contribution >= 4 is 29.0 Å². The van der Waals surface area contributed by atoms with Crippen molar-refractivity contribution in [3.05, 3.63) is 46.9 Å². The first-order valence-electron chi connectivity index (χ1n) is 7.11. The molecule has 2 N–H and O–H groups in total. The van der Waals surface area contributed by atoms with Crippen molar-refractivity contribution < 1.29 is 4.79 Å². The largest absolute Gasteiger partial charge is 0.350 e.